The van der Waals surface area contributed by atoms with Gasteiger partial charge < -0.3 is 5.11 Å². The zero-order valence-corrected chi connectivity index (χ0v) is 31.7. The van der Waals surface area contributed by atoms with Gasteiger partial charge in [0, 0.05) is 50.1 Å². The van der Waals surface area contributed by atoms with Gasteiger partial charge in [0.15, 0.2) is 0 Å². The molecule has 0 spiro atoms. The maximum absolute atomic E-state index is 12.2. The molecule has 5 heteroatoms. The molecular weight excluding hydrogens is 794 g/mol. The van der Waals surface area contributed by atoms with E-state index in [-0.39, 0.29) is 38.1 Å². The minimum absolute atomic E-state index is 0. The molecule has 4 nitrogen and oxygen atoms in total. The van der Waals surface area contributed by atoms with Crippen LogP contribution in [0.5, 0.6) is 5.75 Å². The van der Waals surface area contributed by atoms with Crippen molar-refractivity contribution in [3.63, 3.8) is 0 Å². The van der Waals surface area contributed by atoms with Gasteiger partial charge in [0.1, 0.15) is 11.6 Å². The normalized spacial score (nSPS) is 12.2. The minimum Gasteiger partial charge on any atom is -0.507 e. The number of fused-ring (bicyclic) bond motifs is 1. The van der Waals surface area contributed by atoms with Crippen LogP contribution in [0.2, 0.25) is 0 Å². The maximum Gasteiger partial charge on any atom is 0.148 e. The first-order chi connectivity index (χ1) is 23.6. The Balaban J connectivity index is 0.00000432. The Morgan fingerprint density at radius 3 is 2.04 bits per heavy atom. The van der Waals surface area contributed by atoms with Crippen molar-refractivity contribution in [1.82, 2.24) is 14.5 Å². The number of hydrogen-bond acceptors (Lipinski definition) is 3. The third kappa shape index (κ3) is 6.70. The number of imidazole rings is 1. The van der Waals surface area contributed by atoms with E-state index in [1.165, 1.54) is 5.56 Å². The van der Waals surface area contributed by atoms with Crippen LogP contribution in [0.4, 0.5) is 0 Å². The monoisotopic (exact) mass is 835 g/mol. The molecule has 2 heterocycles. The quantitative estimate of drug-likeness (QED) is 0.163. The van der Waals surface area contributed by atoms with E-state index in [4.69, 9.17) is 4.98 Å². The Hall–Kier alpha value is -4.79. The molecule has 1 unspecified atom stereocenters. The van der Waals surface area contributed by atoms with Crippen LogP contribution >= 0.6 is 0 Å². The number of pyridine rings is 1. The molecule has 0 fully saturated rings. The topological polar surface area (TPSA) is 50.9 Å². The van der Waals surface area contributed by atoms with Crippen LogP contribution in [-0.2, 0) is 26.5 Å². The number of para-hydroxylation sites is 2. The van der Waals surface area contributed by atoms with Gasteiger partial charge in [-0.05, 0) is 52.8 Å². The first-order valence-corrected chi connectivity index (χ1v) is 17.1. The molecule has 0 amide bonds. The summed E-state index contributed by atoms with van der Waals surface area (Å²) in [5.74, 6) is 1.24. The van der Waals surface area contributed by atoms with Gasteiger partial charge in [-0.25, -0.2) is 4.98 Å². The van der Waals surface area contributed by atoms with Gasteiger partial charge in [-0.3, -0.25) is 9.55 Å². The number of hydrogen-bond donors (Lipinski definition) is 1. The zero-order chi connectivity index (χ0) is 34.3. The van der Waals surface area contributed by atoms with E-state index in [9.17, 15) is 5.11 Å². The molecule has 0 saturated heterocycles. The molecule has 1 N–H and O–H groups in total. The Labute approximate surface area is 310 Å². The van der Waals surface area contributed by atoms with Crippen LogP contribution in [-0.4, -0.2) is 19.6 Å². The molecule has 0 bridgehead atoms. The predicted octanol–water partition coefficient (Wildman–Crippen LogP) is 11.5. The summed E-state index contributed by atoms with van der Waals surface area (Å²) in [7, 11) is 0. The van der Waals surface area contributed by atoms with Crippen LogP contribution in [0.25, 0.3) is 50.5 Å². The fourth-order valence-corrected chi connectivity index (χ4v) is 6.58. The standard InChI is InChI=1S/C45H42N3O.Pt/c1-29(2)32-24-33(26-34(25-32)40-21-13-14-23-46-40)37-20-15-22-41-42(37)47-44(48(41)36-18-11-8-12-19-36)39-28-35(45(4,5)6)27-38(43(39)49)30(3)31-16-9-7-10-17-31;/h7-25,27-30,49H,1-6H3;/q-1;. The summed E-state index contributed by atoms with van der Waals surface area (Å²) in [5, 5.41) is 12.2. The van der Waals surface area contributed by atoms with E-state index in [2.05, 4.69) is 136 Å². The molecule has 7 aromatic rings. The smallest absolute Gasteiger partial charge is 0.148 e. The Morgan fingerprint density at radius 1 is 0.700 bits per heavy atom. The molecular formula is C45H42N3OPt-. The molecule has 254 valence electrons. The molecule has 0 aliphatic rings. The average molecular weight is 836 g/mol. The summed E-state index contributed by atoms with van der Waals surface area (Å²) < 4.78 is 2.18. The van der Waals surface area contributed by atoms with Crippen LogP contribution in [0.3, 0.4) is 0 Å². The van der Waals surface area contributed by atoms with E-state index in [0.717, 1.165) is 55.8 Å². The fraction of sp³-hybridized carbons (Fsp3) is 0.200. The second-order valence-corrected chi connectivity index (χ2v) is 14.2. The van der Waals surface area contributed by atoms with Crippen LogP contribution in [0, 0.1) is 6.07 Å². The molecule has 0 saturated carbocycles. The fourth-order valence-electron chi connectivity index (χ4n) is 6.58. The Morgan fingerprint density at radius 2 is 1.38 bits per heavy atom. The molecule has 0 aliphatic heterocycles. The van der Waals surface area contributed by atoms with Crippen molar-refractivity contribution in [1.29, 1.82) is 0 Å². The number of phenols is 1. The number of aromatic hydroxyl groups is 1. The van der Waals surface area contributed by atoms with Gasteiger partial charge in [-0.15, -0.1) is 29.3 Å². The summed E-state index contributed by atoms with van der Waals surface area (Å²) in [6.07, 6.45) is 1.82. The maximum atomic E-state index is 12.2. The van der Waals surface area contributed by atoms with Crippen LogP contribution in [0.1, 0.15) is 75.6 Å². The number of rotatable bonds is 7. The van der Waals surface area contributed by atoms with E-state index in [1.54, 1.807) is 0 Å². The van der Waals surface area contributed by atoms with Crippen molar-refractivity contribution in [3.05, 3.63) is 156 Å². The van der Waals surface area contributed by atoms with Gasteiger partial charge in [-0.2, -0.15) is 0 Å². The summed E-state index contributed by atoms with van der Waals surface area (Å²) in [6, 6.07) is 45.4. The molecule has 50 heavy (non-hydrogen) atoms. The molecule has 2 aromatic heterocycles. The summed E-state index contributed by atoms with van der Waals surface area (Å²) in [6.45, 7) is 13.2. The number of aromatic nitrogens is 3. The van der Waals surface area contributed by atoms with Gasteiger partial charge >= 0.3 is 0 Å². The third-order valence-corrected chi connectivity index (χ3v) is 9.50. The van der Waals surface area contributed by atoms with Gasteiger partial charge in [-0.1, -0.05) is 132 Å². The van der Waals surface area contributed by atoms with Crippen molar-refractivity contribution in [2.45, 2.75) is 58.8 Å². The average Bonchev–Trinajstić information content (AvgIpc) is 3.51. The van der Waals surface area contributed by atoms with E-state index in [1.807, 2.05) is 48.7 Å². The van der Waals surface area contributed by atoms with Crippen molar-refractivity contribution in [2.24, 2.45) is 0 Å². The Kier molecular flexibility index (Phi) is 9.96. The summed E-state index contributed by atoms with van der Waals surface area (Å²) in [4.78, 5) is 10.1. The van der Waals surface area contributed by atoms with Gasteiger partial charge in [0.05, 0.1) is 16.6 Å². The largest absolute Gasteiger partial charge is 0.507 e. The van der Waals surface area contributed by atoms with E-state index >= 15 is 0 Å². The molecule has 1 atom stereocenters. The van der Waals surface area contributed by atoms with Gasteiger partial charge in [0.2, 0.25) is 0 Å². The van der Waals surface area contributed by atoms with Gasteiger partial charge in [0.25, 0.3) is 0 Å². The second-order valence-electron chi connectivity index (χ2n) is 14.2. The minimum atomic E-state index is -0.156. The first kappa shape index (κ1) is 35.0. The number of phenolic OH excluding ortho intramolecular Hbond substituents is 1. The Bertz CT molecular complexity index is 2250. The first-order valence-electron chi connectivity index (χ1n) is 17.1. The zero-order valence-electron chi connectivity index (χ0n) is 29.4. The molecule has 0 radical (unpaired) electrons. The van der Waals surface area contributed by atoms with E-state index < -0.39 is 0 Å². The number of benzene rings is 5. The SMILES string of the molecule is CC(C)c1cc(-c2ccccn2)[c-]c(-c2cccc3c2nc(-c2cc(C(C)(C)C)cc(C(C)c4ccccc4)c2O)n3-c2ccccc2)c1.[Pt]. The van der Waals surface area contributed by atoms with Crippen LogP contribution < -0.4 is 0 Å². The summed E-state index contributed by atoms with van der Waals surface area (Å²) in [5.41, 5.74) is 11.5. The van der Waals surface area contributed by atoms with Crippen molar-refractivity contribution in [2.75, 3.05) is 0 Å². The third-order valence-electron chi connectivity index (χ3n) is 9.50. The second kappa shape index (κ2) is 14.2. The predicted molar refractivity (Wildman–Crippen MR) is 202 cm³/mol. The number of nitrogens with zero attached hydrogens (tertiary/aromatic N) is 3. The van der Waals surface area contributed by atoms with Crippen molar-refractivity contribution < 1.29 is 26.2 Å². The van der Waals surface area contributed by atoms with Crippen molar-refractivity contribution >= 4 is 11.0 Å². The molecule has 5 aromatic carbocycles. The molecule has 0 aliphatic carbocycles. The summed E-state index contributed by atoms with van der Waals surface area (Å²) >= 11 is 0. The van der Waals surface area contributed by atoms with E-state index in [0.29, 0.717) is 17.3 Å². The molecule has 7 rings (SSSR count). The van der Waals surface area contributed by atoms with Crippen LogP contribution in [0.15, 0.2) is 128 Å². The van der Waals surface area contributed by atoms with Crippen molar-refractivity contribution in [3.8, 4) is 45.2 Å².